The minimum atomic E-state index is -1.42. The number of aliphatic hydroxyl groups excluding tert-OH is 1. The van der Waals surface area contributed by atoms with Gasteiger partial charge in [0.2, 0.25) is 5.91 Å². The molecule has 38 heavy (non-hydrogen) atoms. The molecule has 198 valence electrons. The molecule has 1 saturated heterocycles. The highest BCUT2D eigenvalue weighted by Gasteiger charge is 2.58. The predicted molar refractivity (Wildman–Crippen MR) is 133 cm³/mol. The first kappa shape index (κ1) is 25.6. The molecule has 9 nitrogen and oxygen atoms in total. The summed E-state index contributed by atoms with van der Waals surface area (Å²) in [6.45, 7) is 1.08. The van der Waals surface area contributed by atoms with Crippen LogP contribution in [0.25, 0.3) is 0 Å². The lowest BCUT2D eigenvalue weighted by atomic mass is 10.1. The van der Waals surface area contributed by atoms with Gasteiger partial charge in [-0.15, -0.1) is 0 Å². The van der Waals surface area contributed by atoms with E-state index < -0.39 is 46.5 Å². The molecule has 1 atom stereocenters. The summed E-state index contributed by atoms with van der Waals surface area (Å²) in [6, 6.07) is 13.6. The number of carbonyl (C=O) groups excluding carboxylic acids is 2. The molecule has 2 aliphatic rings. The highest BCUT2D eigenvalue weighted by molar-refractivity contribution is 6.11. The summed E-state index contributed by atoms with van der Waals surface area (Å²) in [5.74, 6) is -3.07. The van der Waals surface area contributed by atoms with Gasteiger partial charge in [-0.25, -0.2) is 18.8 Å². The fourth-order valence-corrected chi connectivity index (χ4v) is 4.12. The number of hydrogen-bond acceptors (Lipinski definition) is 8. The molecule has 11 heteroatoms. The van der Waals surface area contributed by atoms with Crippen molar-refractivity contribution in [2.24, 2.45) is 5.41 Å². The highest BCUT2D eigenvalue weighted by Crippen LogP contribution is 2.48. The summed E-state index contributed by atoms with van der Waals surface area (Å²) in [6.07, 6.45) is 2.16. The van der Waals surface area contributed by atoms with Gasteiger partial charge in [0, 0.05) is 37.5 Å². The number of amides is 1. The summed E-state index contributed by atoms with van der Waals surface area (Å²) in [5.41, 5.74) is 1.97. The second kappa shape index (κ2) is 10.7. The van der Waals surface area contributed by atoms with Crippen molar-refractivity contribution in [1.82, 2.24) is 9.99 Å². The maximum absolute atomic E-state index is 14.8. The number of pyridine rings is 1. The molecule has 5 rings (SSSR count). The molecule has 2 heterocycles. The number of halogens is 2. The summed E-state index contributed by atoms with van der Waals surface area (Å²) < 4.78 is 40.5. The normalized spacial score (nSPS) is 18.0. The lowest BCUT2D eigenvalue weighted by Gasteiger charge is -2.18. The van der Waals surface area contributed by atoms with Crippen LogP contribution in [0.1, 0.15) is 24.8 Å². The Morgan fingerprint density at radius 3 is 2.61 bits per heavy atom. The quantitative estimate of drug-likeness (QED) is 0.284. The van der Waals surface area contributed by atoms with Gasteiger partial charge in [-0.05, 0) is 30.9 Å². The topological polar surface area (TPSA) is 113 Å². The molecule has 1 saturated carbocycles. The Kier molecular flexibility index (Phi) is 7.21. The van der Waals surface area contributed by atoms with Crippen LogP contribution < -0.4 is 15.5 Å². The van der Waals surface area contributed by atoms with Gasteiger partial charge in [-0.3, -0.25) is 9.59 Å². The number of carbonyl (C=O) groups is 2. The Hall–Kier alpha value is -4.09. The number of hydrazine groups is 1. The summed E-state index contributed by atoms with van der Waals surface area (Å²) in [4.78, 5) is 29.6. The van der Waals surface area contributed by atoms with Crippen LogP contribution in [0.5, 0.6) is 11.5 Å². The van der Waals surface area contributed by atoms with Gasteiger partial charge >= 0.3 is 5.97 Å². The van der Waals surface area contributed by atoms with Crippen molar-refractivity contribution in [3.8, 4) is 11.5 Å². The minimum Gasteiger partial charge on any atom is -0.460 e. The zero-order valence-electron chi connectivity index (χ0n) is 20.3. The van der Waals surface area contributed by atoms with Crippen molar-refractivity contribution in [2.45, 2.75) is 32.0 Å². The third kappa shape index (κ3) is 5.74. The second-order valence-electron chi connectivity index (χ2n) is 9.34. The van der Waals surface area contributed by atoms with Gasteiger partial charge in [-0.1, -0.05) is 30.3 Å². The Labute approximate surface area is 217 Å². The molecule has 0 spiro atoms. The van der Waals surface area contributed by atoms with E-state index in [0.29, 0.717) is 25.3 Å². The molecule has 0 bridgehead atoms. The van der Waals surface area contributed by atoms with Crippen LogP contribution >= 0.6 is 0 Å². The van der Waals surface area contributed by atoms with E-state index in [1.807, 2.05) is 6.07 Å². The molecule has 1 aromatic heterocycles. The van der Waals surface area contributed by atoms with Gasteiger partial charge in [-0.2, -0.15) is 0 Å². The maximum Gasteiger partial charge on any atom is 0.321 e. The van der Waals surface area contributed by atoms with Crippen LogP contribution in [0.15, 0.2) is 60.8 Å². The van der Waals surface area contributed by atoms with Crippen molar-refractivity contribution in [2.75, 3.05) is 23.8 Å². The van der Waals surface area contributed by atoms with Crippen molar-refractivity contribution < 1.29 is 33.0 Å². The number of nitrogens with one attached hydrogen (secondary N) is 2. The zero-order chi connectivity index (χ0) is 26.7. The predicted octanol–water partition coefficient (Wildman–Crippen LogP) is 4.01. The zero-order valence-corrected chi connectivity index (χ0v) is 20.3. The van der Waals surface area contributed by atoms with Crippen LogP contribution in [0.3, 0.4) is 0 Å². The van der Waals surface area contributed by atoms with E-state index in [1.165, 1.54) is 18.3 Å². The van der Waals surface area contributed by atoms with Crippen LogP contribution in [0.2, 0.25) is 0 Å². The number of esters is 1. The Morgan fingerprint density at radius 2 is 1.89 bits per heavy atom. The standard InChI is InChI=1S/C27H26F2N4O5/c28-20-14-23(38-19-6-10-30-24(12-19)32-33-11-7-18(34)15-33)21(29)13-22(20)31-25(35)27(8-9-27)26(36)37-16-17-4-2-1-3-5-17/h1-6,10,12-14,18,34H,7-9,11,15-16H2,(H,30,32)(H,31,35)/t18-/m1/s1. The molecule has 1 amide bonds. The van der Waals surface area contributed by atoms with E-state index >= 15 is 0 Å². The van der Waals surface area contributed by atoms with Crippen molar-refractivity contribution in [3.63, 3.8) is 0 Å². The number of ether oxygens (including phenoxy) is 2. The van der Waals surface area contributed by atoms with Crippen LogP contribution in [-0.4, -0.2) is 46.2 Å². The lowest BCUT2D eigenvalue weighted by molar-refractivity contribution is -0.154. The number of β-amino-alcohol motifs (C(OH)–C–C–N with tert-alkyl or cyclic N) is 1. The van der Waals surface area contributed by atoms with Gasteiger partial charge in [0.1, 0.15) is 23.6 Å². The first-order chi connectivity index (χ1) is 18.3. The number of aliphatic hydroxyl groups is 1. The van der Waals surface area contributed by atoms with Crippen LogP contribution in [0, 0.1) is 17.0 Å². The SMILES string of the molecule is O=C(Nc1cc(F)c(Oc2ccnc(NN3CC[C@@H](O)C3)c2)cc1F)C1(C(=O)OCc2ccccc2)CC1. The molecular formula is C27H26F2N4O5. The number of hydrogen-bond donors (Lipinski definition) is 3. The Balaban J connectivity index is 1.22. The van der Waals surface area contributed by atoms with E-state index in [-0.39, 0.29) is 25.2 Å². The number of aromatic nitrogens is 1. The molecule has 1 aliphatic heterocycles. The number of rotatable bonds is 9. The molecule has 0 radical (unpaired) electrons. The van der Waals surface area contributed by atoms with Crippen molar-refractivity contribution in [3.05, 3.63) is 78.0 Å². The van der Waals surface area contributed by atoms with Gasteiger partial charge in [0.05, 0.1) is 11.8 Å². The molecular weight excluding hydrogens is 498 g/mol. The van der Waals surface area contributed by atoms with E-state index in [1.54, 1.807) is 29.3 Å². The van der Waals surface area contributed by atoms with Crippen molar-refractivity contribution >= 4 is 23.4 Å². The second-order valence-corrected chi connectivity index (χ2v) is 9.34. The summed E-state index contributed by atoms with van der Waals surface area (Å²) >= 11 is 0. The average Bonchev–Trinajstić information content (AvgIpc) is 3.63. The van der Waals surface area contributed by atoms with E-state index in [2.05, 4.69) is 15.7 Å². The monoisotopic (exact) mass is 524 g/mol. The number of anilines is 2. The molecule has 0 unspecified atom stereocenters. The minimum absolute atomic E-state index is 0.00987. The third-order valence-electron chi connectivity index (χ3n) is 6.45. The molecule has 2 aromatic carbocycles. The van der Waals surface area contributed by atoms with E-state index in [4.69, 9.17) is 9.47 Å². The van der Waals surface area contributed by atoms with Gasteiger partial charge in [0.25, 0.3) is 0 Å². The van der Waals surface area contributed by atoms with Crippen molar-refractivity contribution in [1.29, 1.82) is 0 Å². The summed E-state index contributed by atoms with van der Waals surface area (Å²) in [7, 11) is 0. The molecule has 2 fully saturated rings. The molecule has 1 aliphatic carbocycles. The largest absolute Gasteiger partial charge is 0.460 e. The van der Waals surface area contributed by atoms with E-state index in [0.717, 1.165) is 17.7 Å². The van der Waals surface area contributed by atoms with E-state index in [9.17, 15) is 23.5 Å². The van der Waals surface area contributed by atoms with Gasteiger partial charge in [0.15, 0.2) is 17.4 Å². The van der Waals surface area contributed by atoms with Crippen LogP contribution in [-0.2, 0) is 20.9 Å². The third-order valence-corrected chi connectivity index (χ3v) is 6.45. The number of nitrogens with zero attached hydrogens (tertiary/aromatic N) is 2. The lowest BCUT2D eigenvalue weighted by Crippen LogP contribution is -2.33. The smallest absolute Gasteiger partial charge is 0.321 e. The maximum atomic E-state index is 14.8. The molecule has 3 aromatic rings. The fraction of sp³-hybridized carbons (Fsp3) is 0.296. The fourth-order valence-electron chi connectivity index (χ4n) is 4.12. The Morgan fingerprint density at radius 1 is 1.11 bits per heavy atom. The number of benzene rings is 2. The first-order valence-electron chi connectivity index (χ1n) is 12.2. The van der Waals surface area contributed by atoms with Gasteiger partial charge < -0.3 is 25.3 Å². The average molecular weight is 525 g/mol. The highest BCUT2D eigenvalue weighted by atomic mass is 19.1. The van der Waals surface area contributed by atoms with Crippen LogP contribution in [0.4, 0.5) is 20.3 Å². The summed E-state index contributed by atoms with van der Waals surface area (Å²) in [5, 5.41) is 13.8. The Bertz CT molecular complexity index is 1340. The molecule has 3 N–H and O–H groups in total. The first-order valence-corrected chi connectivity index (χ1v) is 12.2.